The summed E-state index contributed by atoms with van der Waals surface area (Å²) in [7, 11) is 0. The monoisotopic (exact) mass is 262 g/mol. The Balaban J connectivity index is 2.21. The first kappa shape index (κ1) is 11.2. The lowest BCUT2D eigenvalue weighted by Gasteiger charge is -1.96. The highest BCUT2D eigenvalue weighted by Crippen LogP contribution is 2.24. The highest BCUT2D eigenvalue weighted by Gasteiger charge is 2.11. The summed E-state index contributed by atoms with van der Waals surface area (Å²) in [6.07, 6.45) is 0. The van der Waals surface area contributed by atoms with Crippen LogP contribution in [0.1, 0.15) is 0 Å². The minimum Gasteiger partial charge on any atom is -0.407 e. The quantitative estimate of drug-likeness (QED) is 0.850. The van der Waals surface area contributed by atoms with Crippen LogP contribution in [0.5, 0.6) is 5.19 Å². The fourth-order valence-electron chi connectivity index (χ4n) is 1.05. The molecule has 1 aromatic heterocycles. The van der Waals surface area contributed by atoms with Gasteiger partial charge in [0.1, 0.15) is 0 Å². The summed E-state index contributed by atoms with van der Waals surface area (Å²) in [5.41, 5.74) is 0.699. The van der Waals surface area contributed by atoms with Crippen LogP contribution in [0.2, 0.25) is 5.02 Å². The van der Waals surface area contributed by atoms with Crippen LogP contribution in [0.25, 0.3) is 11.4 Å². The zero-order valence-corrected chi connectivity index (χ0v) is 9.30. The van der Waals surface area contributed by atoms with Gasteiger partial charge in [-0.1, -0.05) is 11.6 Å². The van der Waals surface area contributed by atoms with E-state index in [-0.39, 0.29) is 5.19 Å². The second kappa shape index (κ2) is 4.71. The van der Waals surface area contributed by atoms with Crippen molar-refractivity contribution < 1.29 is 13.5 Å². The van der Waals surface area contributed by atoms with Crippen molar-refractivity contribution in [2.45, 2.75) is 6.61 Å². The van der Waals surface area contributed by atoms with Gasteiger partial charge in [-0.05, 0) is 24.3 Å². The molecule has 0 fully saturated rings. The fourth-order valence-corrected chi connectivity index (χ4v) is 1.73. The molecule has 0 unspecified atom stereocenters. The minimum atomic E-state index is -2.88. The van der Waals surface area contributed by atoms with Crippen LogP contribution in [0.4, 0.5) is 8.78 Å². The number of aromatic nitrogens is 2. The molecule has 0 radical (unpaired) electrons. The van der Waals surface area contributed by atoms with Gasteiger partial charge in [-0.25, -0.2) is 0 Å². The van der Waals surface area contributed by atoms with E-state index in [1.54, 1.807) is 24.3 Å². The number of halogens is 3. The van der Waals surface area contributed by atoms with Crippen LogP contribution in [0.3, 0.4) is 0 Å². The second-order valence-corrected chi connectivity index (χ2v) is 3.92. The summed E-state index contributed by atoms with van der Waals surface area (Å²) in [5, 5.41) is 0.433. The first-order valence-corrected chi connectivity index (χ1v) is 5.35. The molecule has 1 heterocycles. The van der Waals surface area contributed by atoms with Crippen molar-refractivity contribution in [3.05, 3.63) is 29.3 Å². The van der Waals surface area contributed by atoms with E-state index in [1.165, 1.54) is 0 Å². The number of nitrogens with zero attached hydrogens (tertiary/aromatic N) is 2. The van der Waals surface area contributed by atoms with E-state index in [4.69, 9.17) is 11.6 Å². The average molecular weight is 263 g/mol. The first-order valence-electron chi connectivity index (χ1n) is 4.19. The Bertz CT molecular complexity index is 475. The third-order valence-corrected chi connectivity index (χ3v) is 2.56. The van der Waals surface area contributed by atoms with Gasteiger partial charge in [-0.2, -0.15) is 18.1 Å². The van der Waals surface area contributed by atoms with E-state index in [2.05, 4.69) is 14.1 Å². The molecule has 3 nitrogen and oxygen atoms in total. The summed E-state index contributed by atoms with van der Waals surface area (Å²) in [5.74, 6) is 0.345. The van der Waals surface area contributed by atoms with Crippen molar-refractivity contribution in [1.29, 1.82) is 0 Å². The maximum absolute atomic E-state index is 11.9. The van der Waals surface area contributed by atoms with Crippen molar-refractivity contribution in [2.75, 3.05) is 0 Å². The minimum absolute atomic E-state index is 0.153. The van der Waals surface area contributed by atoms with Crippen LogP contribution in [0, 0.1) is 0 Å². The summed E-state index contributed by atoms with van der Waals surface area (Å²) >= 11 is 6.49. The molecule has 0 atom stereocenters. The number of alkyl halides is 2. The van der Waals surface area contributed by atoms with Crippen molar-refractivity contribution in [1.82, 2.24) is 9.36 Å². The van der Waals surface area contributed by atoms with Gasteiger partial charge >= 0.3 is 6.61 Å². The number of ether oxygens (including phenoxy) is 1. The van der Waals surface area contributed by atoms with Gasteiger partial charge in [0.25, 0.3) is 5.19 Å². The van der Waals surface area contributed by atoms with Crippen LogP contribution in [-0.2, 0) is 0 Å². The lowest BCUT2D eigenvalue weighted by Crippen LogP contribution is -2.01. The van der Waals surface area contributed by atoms with E-state index in [0.29, 0.717) is 16.4 Å². The lowest BCUT2D eigenvalue weighted by molar-refractivity contribution is -0.0498. The molecule has 0 aliphatic rings. The average Bonchev–Trinajstić information content (AvgIpc) is 2.66. The molecule has 0 N–H and O–H groups in total. The fraction of sp³-hybridized carbons (Fsp3) is 0.111. The molecule has 7 heteroatoms. The largest absolute Gasteiger partial charge is 0.407 e. The molecule has 0 aliphatic carbocycles. The SMILES string of the molecule is FC(F)Oc1nc(-c2ccc(Cl)cc2)ns1. The number of hydrogen-bond acceptors (Lipinski definition) is 4. The van der Waals surface area contributed by atoms with Crippen molar-refractivity contribution in [3.63, 3.8) is 0 Å². The molecule has 0 saturated carbocycles. The van der Waals surface area contributed by atoms with E-state index >= 15 is 0 Å². The predicted octanol–water partition coefficient (Wildman–Crippen LogP) is 3.46. The standard InChI is InChI=1S/C9H5ClF2N2OS/c10-6-3-1-5(2-4-6)7-13-9(16-14-7)15-8(11)12/h1-4,8H. The highest BCUT2D eigenvalue weighted by molar-refractivity contribution is 7.07. The molecule has 16 heavy (non-hydrogen) atoms. The highest BCUT2D eigenvalue weighted by atomic mass is 35.5. The zero-order chi connectivity index (χ0) is 11.5. The van der Waals surface area contributed by atoms with Gasteiger partial charge in [-0.3, -0.25) is 0 Å². The Morgan fingerprint density at radius 1 is 1.25 bits per heavy atom. The molecule has 0 aliphatic heterocycles. The smallest absolute Gasteiger partial charge is 0.389 e. The summed E-state index contributed by atoms with van der Waals surface area (Å²) in [6, 6.07) is 6.75. The number of hydrogen-bond donors (Lipinski definition) is 0. The molecule has 0 spiro atoms. The molecule has 84 valence electrons. The molecular weight excluding hydrogens is 258 g/mol. The van der Waals surface area contributed by atoms with E-state index < -0.39 is 6.61 Å². The van der Waals surface area contributed by atoms with Crippen molar-refractivity contribution >= 4 is 23.1 Å². The van der Waals surface area contributed by atoms with Gasteiger partial charge in [0.2, 0.25) is 0 Å². The van der Waals surface area contributed by atoms with Crippen LogP contribution in [0.15, 0.2) is 24.3 Å². The maximum Gasteiger partial charge on any atom is 0.389 e. The van der Waals surface area contributed by atoms with Gasteiger partial charge < -0.3 is 4.74 Å². The molecule has 2 aromatic rings. The molecule has 0 saturated heterocycles. The topological polar surface area (TPSA) is 35.0 Å². The van der Waals surface area contributed by atoms with Crippen LogP contribution in [-0.4, -0.2) is 16.0 Å². The number of rotatable bonds is 3. The molecule has 2 rings (SSSR count). The van der Waals surface area contributed by atoms with E-state index in [1.807, 2.05) is 0 Å². The summed E-state index contributed by atoms with van der Waals surface area (Å²) in [6.45, 7) is -2.88. The third kappa shape index (κ3) is 2.65. The predicted molar refractivity (Wildman–Crippen MR) is 57.0 cm³/mol. The second-order valence-electron chi connectivity index (χ2n) is 2.77. The molecule has 0 bridgehead atoms. The third-order valence-electron chi connectivity index (χ3n) is 1.70. The van der Waals surface area contributed by atoms with Gasteiger partial charge in [0, 0.05) is 22.1 Å². The van der Waals surface area contributed by atoms with Crippen LogP contribution < -0.4 is 4.74 Å². The van der Waals surface area contributed by atoms with Gasteiger partial charge in [0.15, 0.2) is 5.82 Å². The van der Waals surface area contributed by atoms with Crippen molar-refractivity contribution in [3.8, 4) is 16.6 Å². The Hall–Kier alpha value is -1.27. The molecular formula is C9H5ClF2N2OS. The van der Waals surface area contributed by atoms with Crippen molar-refractivity contribution in [2.24, 2.45) is 0 Å². The van der Waals surface area contributed by atoms with Gasteiger partial charge in [-0.15, -0.1) is 0 Å². The summed E-state index contributed by atoms with van der Waals surface area (Å²) < 4.78 is 31.8. The lowest BCUT2D eigenvalue weighted by atomic mass is 10.2. The van der Waals surface area contributed by atoms with Crippen LogP contribution >= 0.6 is 23.1 Å². The number of benzene rings is 1. The normalized spacial score (nSPS) is 10.8. The molecule has 0 amide bonds. The van der Waals surface area contributed by atoms with E-state index in [0.717, 1.165) is 11.5 Å². The summed E-state index contributed by atoms with van der Waals surface area (Å²) in [4.78, 5) is 3.81. The maximum atomic E-state index is 11.9. The Morgan fingerprint density at radius 3 is 2.56 bits per heavy atom. The molecule has 1 aromatic carbocycles. The Labute approximate surface area is 98.8 Å². The Kier molecular flexibility index (Phi) is 3.31. The van der Waals surface area contributed by atoms with Gasteiger partial charge in [0.05, 0.1) is 0 Å². The zero-order valence-electron chi connectivity index (χ0n) is 7.73. The first-order chi connectivity index (χ1) is 7.65. The Morgan fingerprint density at radius 2 is 1.94 bits per heavy atom. The van der Waals surface area contributed by atoms with E-state index in [9.17, 15) is 8.78 Å².